The summed E-state index contributed by atoms with van der Waals surface area (Å²) in [4.78, 5) is 32.9. The van der Waals surface area contributed by atoms with E-state index in [1.54, 1.807) is 23.2 Å². The monoisotopic (exact) mass is 548 g/mol. The summed E-state index contributed by atoms with van der Waals surface area (Å²) in [7, 11) is 0. The number of hydrogen-bond donors (Lipinski definition) is 2. The van der Waals surface area contributed by atoms with Crippen LogP contribution in [0.2, 0.25) is 0 Å². The minimum atomic E-state index is -0.659. The Labute approximate surface area is 229 Å². The number of pyridine rings is 1. The number of aryl methyl sites for hydroxylation is 1. The summed E-state index contributed by atoms with van der Waals surface area (Å²) in [6.07, 6.45) is 4.47. The zero-order valence-corrected chi connectivity index (χ0v) is 22.4. The van der Waals surface area contributed by atoms with Crippen molar-refractivity contribution in [3.05, 3.63) is 59.7 Å². The number of halogens is 2. The number of piperazine rings is 1. The Hall–Kier alpha value is -4.03. The number of carbonyl (C=O) groups excluding carboxylic acids is 1. The smallest absolute Gasteiger partial charge is 0.248 e. The number of aliphatic hydroxyl groups is 1. The zero-order valence-electron chi connectivity index (χ0n) is 22.4. The number of aromatic nitrogens is 5. The molecule has 3 aromatic heterocycles. The third-order valence-electron chi connectivity index (χ3n) is 7.70. The number of nitrogens with one attached hydrogen (secondary N) is 1. The molecular formula is C28H30F2N8O2. The van der Waals surface area contributed by atoms with Gasteiger partial charge in [-0.2, -0.15) is 0 Å². The fourth-order valence-corrected chi connectivity index (χ4v) is 5.54. The van der Waals surface area contributed by atoms with Gasteiger partial charge in [0.2, 0.25) is 11.9 Å². The molecule has 2 aliphatic heterocycles. The third-order valence-corrected chi connectivity index (χ3v) is 7.70. The summed E-state index contributed by atoms with van der Waals surface area (Å²) >= 11 is 0. The highest BCUT2D eigenvalue weighted by Crippen LogP contribution is 2.38. The second kappa shape index (κ2) is 10.2. The van der Waals surface area contributed by atoms with E-state index in [2.05, 4.69) is 44.0 Å². The molecule has 208 valence electrons. The number of imidazole rings is 1. The fraction of sp³-hybridized carbons (Fsp3) is 0.393. The van der Waals surface area contributed by atoms with Crippen molar-refractivity contribution in [2.75, 3.05) is 38.1 Å². The maximum absolute atomic E-state index is 15.1. The third kappa shape index (κ3) is 4.88. The second-order valence-electron chi connectivity index (χ2n) is 10.9. The van der Waals surface area contributed by atoms with Gasteiger partial charge in [0.25, 0.3) is 0 Å². The molecule has 2 N–H and O–H groups in total. The minimum absolute atomic E-state index is 0.0138. The quantitative estimate of drug-likeness (QED) is 0.378. The van der Waals surface area contributed by atoms with Gasteiger partial charge in [0.05, 0.1) is 11.7 Å². The number of amides is 1. The van der Waals surface area contributed by atoms with Gasteiger partial charge in [0.15, 0.2) is 11.6 Å². The predicted octanol–water partition coefficient (Wildman–Crippen LogP) is 3.23. The average molecular weight is 549 g/mol. The molecule has 1 saturated heterocycles. The van der Waals surface area contributed by atoms with E-state index in [9.17, 15) is 9.18 Å². The van der Waals surface area contributed by atoms with Gasteiger partial charge in [-0.15, -0.1) is 0 Å². The lowest BCUT2D eigenvalue weighted by atomic mass is 10.0. The van der Waals surface area contributed by atoms with Gasteiger partial charge in [0, 0.05) is 56.4 Å². The molecule has 0 aliphatic carbocycles. The van der Waals surface area contributed by atoms with Crippen LogP contribution in [0.5, 0.6) is 0 Å². The summed E-state index contributed by atoms with van der Waals surface area (Å²) in [5, 5.41) is 12.0. The van der Waals surface area contributed by atoms with Crippen molar-refractivity contribution in [1.82, 2.24) is 34.3 Å². The average Bonchev–Trinajstić information content (AvgIpc) is 3.48. The Bertz CT molecular complexity index is 1580. The van der Waals surface area contributed by atoms with Crippen LogP contribution in [0.1, 0.15) is 31.7 Å². The van der Waals surface area contributed by atoms with Crippen molar-refractivity contribution >= 4 is 28.7 Å². The van der Waals surface area contributed by atoms with Crippen LogP contribution in [0.15, 0.2) is 36.7 Å². The van der Waals surface area contributed by atoms with Gasteiger partial charge in [-0.25, -0.2) is 28.7 Å². The van der Waals surface area contributed by atoms with E-state index in [1.165, 1.54) is 6.07 Å². The number of hydrogen-bond acceptors (Lipinski definition) is 8. The highest BCUT2D eigenvalue weighted by Gasteiger charge is 2.33. The second-order valence-corrected chi connectivity index (χ2v) is 10.9. The Balaban J connectivity index is 1.18. The van der Waals surface area contributed by atoms with Gasteiger partial charge < -0.3 is 19.9 Å². The molecule has 1 fully saturated rings. The molecule has 0 unspecified atom stereocenters. The van der Waals surface area contributed by atoms with Crippen molar-refractivity contribution in [1.29, 1.82) is 0 Å². The lowest BCUT2D eigenvalue weighted by Gasteiger charge is -2.34. The first-order valence-corrected chi connectivity index (χ1v) is 13.3. The molecule has 6 rings (SSSR count). The molecule has 5 heterocycles. The number of aliphatic hydroxyl groups excluding tert-OH is 1. The number of rotatable bonds is 6. The van der Waals surface area contributed by atoms with Crippen molar-refractivity contribution < 1.29 is 18.7 Å². The van der Waals surface area contributed by atoms with E-state index in [0.717, 1.165) is 30.4 Å². The zero-order chi connectivity index (χ0) is 28.0. The molecule has 2 aliphatic rings. The molecule has 4 aromatic rings. The van der Waals surface area contributed by atoms with Gasteiger partial charge in [-0.05, 0) is 44.0 Å². The SMILES string of the molecule is CC1(C)CCc2nc3c(F)cc(-c4nc(Nc5ccc(CN6CCN(C(=O)CO)CC6)cn5)ncc4F)cc3n21. The van der Waals surface area contributed by atoms with E-state index in [1.807, 2.05) is 10.6 Å². The highest BCUT2D eigenvalue weighted by atomic mass is 19.1. The molecular weight excluding hydrogens is 518 g/mol. The Morgan fingerprint density at radius 3 is 2.58 bits per heavy atom. The summed E-state index contributed by atoms with van der Waals surface area (Å²) in [6, 6.07) is 6.72. The van der Waals surface area contributed by atoms with Crippen LogP contribution in [0.25, 0.3) is 22.3 Å². The van der Waals surface area contributed by atoms with Gasteiger partial charge in [-0.3, -0.25) is 9.69 Å². The van der Waals surface area contributed by atoms with Crippen LogP contribution in [-0.2, 0) is 23.3 Å². The van der Waals surface area contributed by atoms with E-state index in [4.69, 9.17) is 5.11 Å². The fourth-order valence-electron chi connectivity index (χ4n) is 5.54. The first-order valence-electron chi connectivity index (χ1n) is 13.3. The lowest BCUT2D eigenvalue weighted by molar-refractivity contribution is -0.136. The molecule has 0 bridgehead atoms. The van der Waals surface area contributed by atoms with E-state index >= 15 is 4.39 Å². The summed E-state index contributed by atoms with van der Waals surface area (Å²) < 4.78 is 32.0. The summed E-state index contributed by atoms with van der Waals surface area (Å²) in [5.74, 6) is 0.0283. The number of fused-ring (bicyclic) bond motifs is 3. The summed E-state index contributed by atoms with van der Waals surface area (Å²) in [6.45, 7) is 6.96. The number of anilines is 2. The van der Waals surface area contributed by atoms with Crippen LogP contribution in [0, 0.1) is 11.6 Å². The van der Waals surface area contributed by atoms with Crippen molar-refractivity contribution in [3.8, 4) is 11.3 Å². The molecule has 1 amide bonds. The van der Waals surface area contributed by atoms with Crippen molar-refractivity contribution in [2.24, 2.45) is 0 Å². The molecule has 0 radical (unpaired) electrons. The lowest BCUT2D eigenvalue weighted by Crippen LogP contribution is -2.49. The topological polar surface area (TPSA) is 112 Å². The molecule has 12 heteroatoms. The van der Waals surface area contributed by atoms with Gasteiger partial charge in [-0.1, -0.05) is 6.07 Å². The van der Waals surface area contributed by atoms with E-state index < -0.39 is 18.2 Å². The van der Waals surface area contributed by atoms with Crippen LogP contribution >= 0.6 is 0 Å². The number of carbonyl (C=O) groups is 1. The molecule has 10 nitrogen and oxygen atoms in total. The first kappa shape index (κ1) is 26.2. The van der Waals surface area contributed by atoms with Crippen LogP contribution in [0.4, 0.5) is 20.5 Å². The minimum Gasteiger partial charge on any atom is -0.387 e. The van der Waals surface area contributed by atoms with Crippen LogP contribution in [0.3, 0.4) is 0 Å². The Morgan fingerprint density at radius 1 is 1.05 bits per heavy atom. The summed E-state index contributed by atoms with van der Waals surface area (Å²) in [5.41, 5.74) is 1.98. The molecule has 0 atom stereocenters. The standard InChI is InChI=1S/C28H30F2N8O2/c1-28(2)6-5-23-34-26-19(29)11-18(12-21(26)38(23)28)25-20(30)14-32-27(35-25)33-22-4-3-17(13-31-22)15-36-7-9-37(10-8-36)24(40)16-39/h3-4,11-14,39H,5-10,15-16H2,1-2H3,(H,31,32,33,35). The van der Waals surface area contributed by atoms with Crippen LogP contribution < -0.4 is 5.32 Å². The van der Waals surface area contributed by atoms with E-state index in [-0.39, 0.29) is 28.6 Å². The number of benzene rings is 1. The van der Waals surface area contributed by atoms with Gasteiger partial charge in [0.1, 0.15) is 29.5 Å². The molecule has 0 spiro atoms. The maximum Gasteiger partial charge on any atom is 0.248 e. The molecule has 1 aromatic carbocycles. The predicted molar refractivity (Wildman–Crippen MR) is 145 cm³/mol. The largest absolute Gasteiger partial charge is 0.387 e. The Kier molecular flexibility index (Phi) is 6.67. The van der Waals surface area contributed by atoms with Crippen molar-refractivity contribution in [3.63, 3.8) is 0 Å². The van der Waals surface area contributed by atoms with Gasteiger partial charge >= 0.3 is 0 Å². The van der Waals surface area contributed by atoms with Crippen LogP contribution in [-0.4, -0.2) is 78.1 Å². The molecule has 0 saturated carbocycles. The van der Waals surface area contributed by atoms with E-state index in [0.29, 0.717) is 49.6 Å². The number of nitrogens with zero attached hydrogens (tertiary/aromatic N) is 7. The Morgan fingerprint density at radius 2 is 1.85 bits per heavy atom. The van der Waals surface area contributed by atoms with Crippen molar-refractivity contribution in [2.45, 2.75) is 38.8 Å². The first-order chi connectivity index (χ1) is 19.2. The highest BCUT2D eigenvalue weighted by molar-refractivity contribution is 5.83. The molecule has 40 heavy (non-hydrogen) atoms. The normalized spacial score (nSPS) is 16.9. The maximum atomic E-state index is 15.1.